The summed E-state index contributed by atoms with van der Waals surface area (Å²) in [6, 6.07) is 4.50. The number of aliphatic hydroxyl groups excluding tert-OH is 1. The summed E-state index contributed by atoms with van der Waals surface area (Å²) in [5.74, 6) is -0.440. The van der Waals surface area contributed by atoms with E-state index >= 15 is 0 Å². The van der Waals surface area contributed by atoms with Crippen molar-refractivity contribution in [2.45, 2.75) is 25.9 Å². The van der Waals surface area contributed by atoms with Gasteiger partial charge in [0.25, 0.3) is 0 Å². The van der Waals surface area contributed by atoms with Crippen molar-refractivity contribution in [1.29, 1.82) is 0 Å². The maximum absolute atomic E-state index is 13.0. The second-order valence-electron chi connectivity index (χ2n) is 4.17. The van der Waals surface area contributed by atoms with Gasteiger partial charge in [-0.3, -0.25) is 0 Å². The molecular formula is C13H13ClFNOS. The molecule has 2 nitrogen and oxygen atoms in total. The highest BCUT2D eigenvalue weighted by atomic mass is 35.5. The number of aryl methyl sites for hydroxylation is 1. The molecule has 0 aliphatic heterocycles. The standard InChI is InChI=1S/C13H13ClFNOS/c1-8-16-10(7-18-8)6-11(17)4-9-2-3-13(15)12(14)5-9/h2-3,5,7,11,17H,4,6H2,1H3. The van der Waals surface area contributed by atoms with Crippen molar-refractivity contribution in [2.75, 3.05) is 0 Å². The molecule has 1 atom stereocenters. The summed E-state index contributed by atoms with van der Waals surface area (Å²) in [5, 5.41) is 13.0. The van der Waals surface area contributed by atoms with Gasteiger partial charge in [0.15, 0.2) is 0 Å². The third-order valence-corrected chi connectivity index (χ3v) is 3.68. The van der Waals surface area contributed by atoms with E-state index < -0.39 is 11.9 Å². The van der Waals surface area contributed by atoms with E-state index in [2.05, 4.69) is 4.98 Å². The van der Waals surface area contributed by atoms with E-state index in [0.717, 1.165) is 16.3 Å². The number of hydrogen-bond acceptors (Lipinski definition) is 3. The van der Waals surface area contributed by atoms with Crippen molar-refractivity contribution in [2.24, 2.45) is 0 Å². The topological polar surface area (TPSA) is 33.1 Å². The molecule has 0 saturated carbocycles. The number of rotatable bonds is 4. The number of nitrogens with zero attached hydrogens (tertiary/aromatic N) is 1. The van der Waals surface area contributed by atoms with E-state index in [9.17, 15) is 9.50 Å². The molecule has 0 radical (unpaired) electrons. The molecule has 0 spiro atoms. The number of thiazole rings is 1. The van der Waals surface area contributed by atoms with E-state index in [-0.39, 0.29) is 5.02 Å². The SMILES string of the molecule is Cc1nc(CC(O)Cc2ccc(F)c(Cl)c2)cs1. The molecule has 0 saturated heterocycles. The molecule has 1 N–H and O–H groups in total. The lowest BCUT2D eigenvalue weighted by Gasteiger charge is -2.09. The van der Waals surface area contributed by atoms with Gasteiger partial charge in [0.2, 0.25) is 0 Å². The number of aliphatic hydroxyl groups is 1. The summed E-state index contributed by atoms with van der Waals surface area (Å²) in [4.78, 5) is 4.30. The van der Waals surface area contributed by atoms with Gasteiger partial charge in [-0.05, 0) is 31.0 Å². The Kier molecular flexibility index (Phi) is 4.32. The van der Waals surface area contributed by atoms with Crippen LogP contribution in [0.2, 0.25) is 5.02 Å². The van der Waals surface area contributed by atoms with Crippen LogP contribution in [0.4, 0.5) is 4.39 Å². The lowest BCUT2D eigenvalue weighted by atomic mass is 10.0. The molecule has 0 bridgehead atoms. The zero-order chi connectivity index (χ0) is 13.1. The molecule has 5 heteroatoms. The molecule has 1 unspecified atom stereocenters. The molecule has 0 fully saturated rings. The molecule has 1 aromatic heterocycles. The summed E-state index contributed by atoms with van der Waals surface area (Å²) in [7, 11) is 0. The molecule has 96 valence electrons. The highest BCUT2D eigenvalue weighted by molar-refractivity contribution is 7.09. The monoisotopic (exact) mass is 285 g/mol. The second kappa shape index (κ2) is 5.78. The number of aromatic nitrogens is 1. The van der Waals surface area contributed by atoms with Gasteiger partial charge in [0.1, 0.15) is 5.82 Å². The Morgan fingerprint density at radius 1 is 1.44 bits per heavy atom. The van der Waals surface area contributed by atoms with Crippen LogP contribution >= 0.6 is 22.9 Å². The Hall–Kier alpha value is -0.970. The Morgan fingerprint density at radius 3 is 2.83 bits per heavy atom. The highest BCUT2D eigenvalue weighted by Crippen LogP contribution is 2.18. The molecule has 2 aromatic rings. The van der Waals surface area contributed by atoms with Crippen molar-refractivity contribution >= 4 is 22.9 Å². The first-order chi connectivity index (χ1) is 8.54. The molecule has 1 aromatic carbocycles. The van der Waals surface area contributed by atoms with E-state index in [4.69, 9.17) is 11.6 Å². The first-order valence-electron chi connectivity index (χ1n) is 5.57. The average Bonchev–Trinajstić information content (AvgIpc) is 2.69. The van der Waals surface area contributed by atoms with Gasteiger partial charge in [0.05, 0.1) is 21.8 Å². The van der Waals surface area contributed by atoms with Crippen LogP contribution in [-0.2, 0) is 12.8 Å². The smallest absolute Gasteiger partial charge is 0.141 e. The summed E-state index contributed by atoms with van der Waals surface area (Å²) in [5.41, 5.74) is 1.71. The largest absolute Gasteiger partial charge is 0.392 e. The molecule has 2 rings (SSSR count). The fourth-order valence-corrected chi connectivity index (χ4v) is 2.58. The van der Waals surface area contributed by atoms with Gasteiger partial charge < -0.3 is 5.11 Å². The predicted octanol–water partition coefficient (Wildman–Crippen LogP) is 3.39. The van der Waals surface area contributed by atoms with E-state index in [1.165, 1.54) is 6.07 Å². The molecular weight excluding hydrogens is 273 g/mol. The zero-order valence-electron chi connectivity index (χ0n) is 9.86. The van der Waals surface area contributed by atoms with Crippen molar-refractivity contribution < 1.29 is 9.50 Å². The van der Waals surface area contributed by atoms with E-state index in [0.29, 0.717) is 12.8 Å². The minimum absolute atomic E-state index is 0.0872. The Bertz CT molecular complexity index is 544. The van der Waals surface area contributed by atoms with Crippen LogP contribution < -0.4 is 0 Å². The lowest BCUT2D eigenvalue weighted by molar-refractivity contribution is 0.174. The fourth-order valence-electron chi connectivity index (χ4n) is 1.75. The predicted molar refractivity (Wildman–Crippen MR) is 71.7 cm³/mol. The summed E-state index contributed by atoms with van der Waals surface area (Å²) in [6.07, 6.45) is 0.406. The van der Waals surface area contributed by atoms with Crippen LogP contribution in [0.1, 0.15) is 16.3 Å². The molecule has 1 heterocycles. The van der Waals surface area contributed by atoms with Gasteiger partial charge in [-0.2, -0.15) is 0 Å². The molecule has 0 aliphatic carbocycles. The summed E-state index contributed by atoms with van der Waals surface area (Å²) in [6.45, 7) is 1.93. The first-order valence-corrected chi connectivity index (χ1v) is 6.83. The van der Waals surface area contributed by atoms with Crippen LogP contribution in [0.3, 0.4) is 0 Å². The van der Waals surface area contributed by atoms with Crippen molar-refractivity contribution in [3.63, 3.8) is 0 Å². The third kappa shape index (κ3) is 3.51. The van der Waals surface area contributed by atoms with Crippen LogP contribution in [0, 0.1) is 12.7 Å². The van der Waals surface area contributed by atoms with Crippen molar-refractivity contribution in [3.05, 3.63) is 50.7 Å². The second-order valence-corrected chi connectivity index (χ2v) is 5.64. The molecule has 0 amide bonds. The highest BCUT2D eigenvalue weighted by Gasteiger charge is 2.10. The van der Waals surface area contributed by atoms with Gasteiger partial charge in [-0.25, -0.2) is 9.37 Å². The number of benzene rings is 1. The normalized spacial score (nSPS) is 12.7. The van der Waals surface area contributed by atoms with Gasteiger partial charge in [0, 0.05) is 11.8 Å². The minimum Gasteiger partial charge on any atom is -0.392 e. The van der Waals surface area contributed by atoms with Crippen LogP contribution in [0.15, 0.2) is 23.6 Å². The Balaban J connectivity index is 1.98. The summed E-state index contributed by atoms with van der Waals surface area (Å²) < 4.78 is 13.0. The van der Waals surface area contributed by atoms with Crippen LogP contribution in [-0.4, -0.2) is 16.2 Å². The maximum atomic E-state index is 13.0. The summed E-state index contributed by atoms with van der Waals surface area (Å²) >= 11 is 7.26. The van der Waals surface area contributed by atoms with Crippen molar-refractivity contribution in [3.8, 4) is 0 Å². The quantitative estimate of drug-likeness (QED) is 0.934. The number of halogens is 2. The average molecular weight is 286 g/mol. The minimum atomic E-state index is -0.534. The third-order valence-electron chi connectivity index (χ3n) is 2.57. The Morgan fingerprint density at radius 2 is 2.22 bits per heavy atom. The van der Waals surface area contributed by atoms with E-state index in [1.54, 1.807) is 23.5 Å². The van der Waals surface area contributed by atoms with Crippen LogP contribution in [0.5, 0.6) is 0 Å². The molecule has 18 heavy (non-hydrogen) atoms. The van der Waals surface area contributed by atoms with Crippen LogP contribution in [0.25, 0.3) is 0 Å². The van der Waals surface area contributed by atoms with Gasteiger partial charge in [-0.1, -0.05) is 17.7 Å². The zero-order valence-corrected chi connectivity index (χ0v) is 11.4. The van der Waals surface area contributed by atoms with Gasteiger partial charge >= 0.3 is 0 Å². The van der Waals surface area contributed by atoms with E-state index in [1.807, 2.05) is 12.3 Å². The lowest BCUT2D eigenvalue weighted by Crippen LogP contribution is -2.14. The van der Waals surface area contributed by atoms with Crippen molar-refractivity contribution in [1.82, 2.24) is 4.98 Å². The first kappa shape index (κ1) is 13.5. The number of hydrogen-bond donors (Lipinski definition) is 1. The molecule has 0 aliphatic rings. The maximum Gasteiger partial charge on any atom is 0.141 e. The Labute approximate surface area is 114 Å². The fraction of sp³-hybridized carbons (Fsp3) is 0.308. The van der Waals surface area contributed by atoms with Gasteiger partial charge in [-0.15, -0.1) is 11.3 Å².